The van der Waals surface area contributed by atoms with E-state index in [2.05, 4.69) is 24.0 Å². The van der Waals surface area contributed by atoms with Gasteiger partial charge in [0.05, 0.1) is 28.0 Å². The molecule has 2 atom stereocenters. The van der Waals surface area contributed by atoms with E-state index in [1.807, 2.05) is 43.3 Å². The van der Waals surface area contributed by atoms with Crippen LogP contribution < -0.4 is 4.90 Å². The van der Waals surface area contributed by atoms with Gasteiger partial charge >= 0.3 is 0 Å². The molecule has 0 spiro atoms. The van der Waals surface area contributed by atoms with Crippen molar-refractivity contribution in [1.29, 1.82) is 0 Å². The zero-order valence-corrected chi connectivity index (χ0v) is 25.8. The minimum atomic E-state index is -4.14. The fourth-order valence-electron chi connectivity index (χ4n) is 5.03. The number of rotatable bonds is 9. The summed E-state index contributed by atoms with van der Waals surface area (Å²) in [5.41, 5.74) is 3.27. The molecule has 1 aliphatic rings. The molecule has 0 radical (unpaired) electrons. The topological polar surface area (TPSA) is 149 Å². The molecule has 226 valence electrons. The van der Waals surface area contributed by atoms with Gasteiger partial charge in [0, 0.05) is 17.7 Å². The minimum absolute atomic E-state index is 0.00458. The summed E-state index contributed by atoms with van der Waals surface area (Å²) in [5, 5.41) is 15.2. The van der Waals surface area contributed by atoms with Crippen LogP contribution in [0.1, 0.15) is 48.1 Å². The monoisotopic (exact) mass is 632 g/mol. The van der Waals surface area contributed by atoms with Crippen LogP contribution in [0.25, 0.3) is 0 Å². The molecule has 0 saturated carbocycles. The quantitative estimate of drug-likeness (QED) is 0.0996. The number of thiazole rings is 1. The van der Waals surface area contributed by atoms with Crippen molar-refractivity contribution >= 4 is 49.4 Å². The van der Waals surface area contributed by atoms with Gasteiger partial charge < -0.3 is 4.84 Å². The van der Waals surface area contributed by atoms with E-state index in [1.54, 1.807) is 12.1 Å². The van der Waals surface area contributed by atoms with Gasteiger partial charge in [-0.2, -0.15) is 0 Å². The van der Waals surface area contributed by atoms with Gasteiger partial charge in [0.15, 0.2) is 5.13 Å². The Morgan fingerprint density at radius 1 is 1.02 bits per heavy atom. The maximum absolute atomic E-state index is 13.8. The summed E-state index contributed by atoms with van der Waals surface area (Å²) in [6.07, 6.45) is 1.12. The third-order valence-corrected chi connectivity index (χ3v) is 10.6. The highest BCUT2D eigenvalue weighted by atomic mass is 32.2. The number of carbonyl (C=O) groups excluding carboxylic acids is 2. The van der Waals surface area contributed by atoms with E-state index in [9.17, 15) is 28.1 Å². The minimum Gasteiger partial charge on any atom is -0.399 e. The zero-order chi connectivity index (χ0) is 31.8. The molecule has 1 aliphatic heterocycles. The molecule has 44 heavy (non-hydrogen) atoms. The first-order valence-corrected chi connectivity index (χ1v) is 15.8. The molecule has 4 aromatic rings. The van der Waals surface area contributed by atoms with Crippen LogP contribution in [0.3, 0.4) is 0 Å². The molecule has 5 rings (SSSR count). The number of non-ortho nitro benzene ring substituents is 1. The number of amides is 1. The highest BCUT2D eigenvalue weighted by molar-refractivity contribution is 7.93. The predicted octanol–water partition coefficient (Wildman–Crippen LogP) is 5.64. The van der Waals surface area contributed by atoms with Crippen LogP contribution >= 0.6 is 11.3 Å². The standard InChI is InChI=1S/C31H28N4O7S2/c1-18(2)20-9-11-22(12-10-20)28-26(27(33-42-4)21-7-5-19(3)6-8-21)29(36)30(37)34(28)31-32-17-25(43-31)44(40,41)24-15-13-23(14-16-24)35(38)39/h5-18,26,28H,1-4H3. The Hall–Kier alpha value is -4.75. The number of hydrogen-bond donors (Lipinski definition) is 0. The number of sulfone groups is 1. The van der Waals surface area contributed by atoms with Crippen LogP contribution in [0.2, 0.25) is 0 Å². The number of nitro groups is 1. The van der Waals surface area contributed by atoms with Crippen molar-refractivity contribution in [3.63, 3.8) is 0 Å². The summed E-state index contributed by atoms with van der Waals surface area (Å²) >= 11 is 0.728. The molecule has 0 aliphatic carbocycles. The fraction of sp³-hybridized carbons (Fsp3) is 0.226. The number of benzene rings is 3. The highest BCUT2D eigenvalue weighted by Crippen LogP contribution is 2.44. The number of carbonyl (C=O) groups is 2. The first-order valence-electron chi connectivity index (χ1n) is 13.5. The number of Topliss-reactive ketones (excluding diaryl/α,β-unsaturated/α-hetero) is 1. The lowest BCUT2D eigenvalue weighted by Gasteiger charge is -2.26. The lowest BCUT2D eigenvalue weighted by Crippen LogP contribution is -2.30. The lowest BCUT2D eigenvalue weighted by molar-refractivity contribution is -0.384. The Kier molecular flexibility index (Phi) is 8.44. The van der Waals surface area contributed by atoms with E-state index in [0.717, 1.165) is 52.9 Å². The SMILES string of the molecule is CON=C(c1ccc(C)cc1)C1C(=O)C(=O)N(c2ncc(S(=O)(=O)c3ccc([N+](=O)[O-])cc3)s2)C1c1ccc(C(C)C)cc1. The Labute approximate surface area is 257 Å². The van der Waals surface area contributed by atoms with E-state index < -0.39 is 38.4 Å². The van der Waals surface area contributed by atoms with Crippen molar-refractivity contribution in [1.82, 2.24) is 4.98 Å². The molecule has 3 aromatic carbocycles. The largest absolute Gasteiger partial charge is 0.399 e. The number of anilines is 1. The van der Waals surface area contributed by atoms with Gasteiger partial charge in [-0.15, -0.1) is 0 Å². The number of ketones is 1. The molecule has 2 heterocycles. The molecule has 1 saturated heterocycles. The average molecular weight is 633 g/mol. The van der Waals surface area contributed by atoms with Crippen molar-refractivity contribution in [2.24, 2.45) is 11.1 Å². The maximum atomic E-state index is 13.8. The van der Waals surface area contributed by atoms with Crippen LogP contribution in [-0.4, -0.2) is 42.8 Å². The lowest BCUT2D eigenvalue weighted by atomic mass is 9.85. The van der Waals surface area contributed by atoms with Crippen molar-refractivity contribution in [2.45, 2.75) is 41.8 Å². The first kappa shape index (κ1) is 30.7. The average Bonchev–Trinajstić information content (AvgIpc) is 3.60. The number of aryl methyl sites for hydroxylation is 1. The Bertz CT molecular complexity index is 1870. The van der Waals surface area contributed by atoms with Crippen LogP contribution in [-0.2, 0) is 24.3 Å². The van der Waals surface area contributed by atoms with Gasteiger partial charge in [-0.1, -0.05) is 84.4 Å². The number of nitro benzene ring substituents is 1. The van der Waals surface area contributed by atoms with Crippen LogP contribution in [0, 0.1) is 23.0 Å². The Morgan fingerprint density at radius 3 is 2.23 bits per heavy atom. The van der Waals surface area contributed by atoms with Crippen molar-refractivity contribution in [3.8, 4) is 0 Å². The van der Waals surface area contributed by atoms with Crippen LogP contribution in [0.15, 0.2) is 93.3 Å². The molecule has 13 heteroatoms. The van der Waals surface area contributed by atoms with Crippen molar-refractivity contribution in [3.05, 3.63) is 111 Å². The molecule has 11 nitrogen and oxygen atoms in total. The summed E-state index contributed by atoms with van der Waals surface area (Å²) in [5.74, 6) is -2.45. The summed E-state index contributed by atoms with van der Waals surface area (Å²) in [4.78, 5) is 48.4. The number of aromatic nitrogens is 1. The molecule has 0 N–H and O–H groups in total. The second-order valence-corrected chi connectivity index (χ2v) is 13.7. The van der Waals surface area contributed by atoms with Crippen molar-refractivity contribution < 1.29 is 27.8 Å². The highest BCUT2D eigenvalue weighted by Gasteiger charge is 2.52. The summed E-state index contributed by atoms with van der Waals surface area (Å²) in [6, 6.07) is 18.4. The summed E-state index contributed by atoms with van der Waals surface area (Å²) in [6.45, 7) is 6.03. The molecule has 1 aromatic heterocycles. The third kappa shape index (κ3) is 5.63. The Morgan fingerprint density at radius 2 is 1.66 bits per heavy atom. The second kappa shape index (κ2) is 12.1. The normalized spacial score (nSPS) is 17.4. The van der Waals surface area contributed by atoms with E-state index in [-0.39, 0.29) is 31.6 Å². The number of nitrogens with zero attached hydrogens (tertiary/aromatic N) is 4. The molecule has 0 bridgehead atoms. The van der Waals surface area contributed by atoms with Gasteiger partial charge in [0.2, 0.25) is 15.6 Å². The predicted molar refractivity (Wildman–Crippen MR) is 165 cm³/mol. The van der Waals surface area contributed by atoms with E-state index >= 15 is 0 Å². The molecule has 2 unspecified atom stereocenters. The molecular weight excluding hydrogens is 604 g/mol. The summed E-state index contributed by atoms with van der Waals surface area (Å²) < 4.78 is 26.6. The van der Waals surface area contributed by atoms with Crippen LogP contribution in [0.5, 0.6) is 0 Å². The maximum Gasteiger partial charge on any atom is 0.297 e. The number of hydrogen-bond acceptors (Lipinski definition) is 10. The van der Waals surface area contributed by atoms with E-state index in [4.69, 9.17) is 4.84 Å². The van der Waals surface area contributed by atoms with Gasteiger partial charge in [-0.3, -0.25) is 24.6 Å². The smallest absolute Gasteiger partial charge is 0.297 e. The van der Waals surface area contributed by atoms with Crippen molar-refractivity contribution in [2.75, 3.05) is 12.0 Å². The van der Waals surface area contributed by atoms with E-state index in [1.165, 1.54) is 12.0 Å². The van der Waals surface area contributed by atoms with Gasteiger partial charge in [0.25, 0.3) is 11.6 Å². The van der Waals surface area contributed by atoms with Gasteiger partial charge in [-0.05, 0) is 36.1 Å². The van der Waals surface area contributed by atoms with E-state index in [0.29, 0.717) is 11.1 Å². The Balaban J connectivity index is 1.62. The summed E-state index contributed by atoms with van der Waals surface area (Å²) in [7, 11) is -2.78. The molecule has 1 amide bonds. The molecule has 1 fully saturated rings. The van der Waals surface area contributed by atoms with Gasteiger partial charge in [-0.25, -0.2) is 13.4 Å². The number of oxime groups is 1. The second-order valence-electron chi connectivity index (χ2n) is 10.5. The molecular formula is C31H28N4O7S2. The van der Waals surface area contributed by atoms with Gasteiger partial charge in [0.1, 0.15) is 17.0 Å². The van der Waals surface area contributed by atoms with Crippen LogP contribution in [0.4, 0.5) is 10.8 Å². The third-order valence-electron chi connectivity index (χ3n) is 7.38. The first-order chi connectivity index (χ1) is 20.9. The zero-order valence-electron chi connectivity index (χ0n) is 24.2. The fourth-order valence-corrected chi connectivity index (χ4v) is 7.59.